The number of hydrogen-bond donors (Lipinski definition) is 1. The molecule has 0 saturated heterocycles. The summed E-state index contributed by atoms with van der Waals surface area (Å²) >= 11 is 11.2. The van der Waals surface area contributed by atoms with E-state index < -0.39 is 24.5 Å². The molecule has 0 aliphatic rings. The largest absolute Gasteiger partial charge is 0.535 e. The number of benzene rings is 1. The first-order valence-electron chi connectivity index (χ1n) is 3.81. The van der Waals surface area contributed by atoms with Crippen molar-refractivity contribution >= 4 is 41.3 Å². The normalized spacial score (nSPS) is 12.6. The molecule has 5 nitrogen and oxygen atoms in total. The highest BCUT2D eigenvalue weighted by atomic mass is 35.5. The third-order valence-electron chi connectivity index (χ3n) is 1.48. The molecule has 0 radical (unpaired) electrons. The molecular formula is C7H6Cl2O5PS+. The average Bonchev–Trinajstić information content (AvgIpc) is 2.19. The topological polar surface area (TPSA) is 80.7 Å². The molecule has 1 N–H and O–H groups in total. The summed E-state index contributed by atoms with van der Waals surface area (Å²) in [6, 6.07) is 3.80. The van der Waals surface area contributed by atoms with Crippen LogP contribution in [0.15, 0.2) is 23.1 Å². The highest BCUT2D eigenvalue weighted by molar-refractivity contribution is 7.87. The molecule has 0 spiro atoms. The molecule has 0 heterocycles. The van der Waals surface area contributed by atoms with E-state index in [0.29, 0.717) is 0 Å². The Morgan fingerprint density at radius 2 is 2.00 bits per heavy atom. The van der Waals surface area contributed by atoms with Gasteiger partial charge in [0.1, 0.15) is 4.90 Å². The number of rotatable bonds is 4. The van der Waals surface area contributed by atoms with Gasteiger partial charge in [-0.15, -0.1) is 0 Å². The minimum atomic E-state index is -4.17. The Hall–Kier alpha value is -0.230. The Bertz CT molecular complexity index is 516. The maximum absolute atomic E-state index is 11.5. The maximum atomic E-state index is 11.5. The Morgan fingerprint density at radius 3 is 2.56 bits per heavy atom. The molecule has 0 aliphatic heterocycles. The van der Waals surface area contributed by atoms with Crippen molar-refractivity contribution in [3.05, 3.63) is 28.2 Å². The van der Waals surface area contributed by atoms with Crippen LogP contribution in [0, 0.1) is 0 Å². The van der Waals surface area contributed by atoms with Crippen molar-refractivity contribution in [1.29, 1.82) is 0 Å². The summed E-state index contributed by atoms with van der Waals surface area (Å²) < 4.78 is 37.6. The zero-order valence-corrected chi connectivity index (χ0v) is 10.9. The predicted molar refractivity (Wildman–Crippen MR) is 59.4 cm³/mol. The second-order valence-electron chi connectivity index (χ2n) is 2.63. The van der Waals surface area contributed by atoms with Crippen LogP contribution in [-0.2, 0) is 18.9 Å². The van der Waals surface area contributed by atoms with Gasteiger partial charge in [-0.1, -0.05) is 23.2 Å². The summed E-state index contributed by atoms with van der Waals surface area (Å²) in [5, 5.41) is 0.0949. The lowest BCUT2D eigenvalue weighted by atomic mass is 10.4. The van der Waals surface area contributed by atoms with Crippen molar-refractivity contribution in [2.75, 3.05) is 6.35 Å². The predicted octanol–water partition coefficient (Wildman–Crippen LogP) is 2.39. The molecule has 0 aliphatic carbocycles. The van der Waals surface area contributed by atoms with E-state index in [1.54, 1.807) is 0 Å². The minimum absolute atomic E-state index is 0.0717. The summed E-state index contributed by atoms with van der Waals surface area (Å²) in [5.74, 6) is 0. The fraction of sp³-hybridized carbons (Fsp3) is 0.143. The minimum Gasteiger partial charge on any atom is -0.213 e. The third-order valence-corrected chi connectivity index (χ3v) is 3.99. The van der Waals surface area contributed by atoms with E-state index >= 15 is 0 Å². The van der Waals surface area contributed by atoms with Crippen molar-refractivity contribution in [1.82, 2.24) is 0 Å². The summed E-state index contributed by atoms with van der Waals surface area (Å²) in [6.07, 6.45) is -0.819. The van der Waals surface area contributed by atoms with Crippen molar-refractivity contribution in [3.8, 4) is 0 Å². The molecule has 0 amide bonds. The second kappa shape index (κ2) is 5.40. The molecule has 1 unspecified atom stereocenters. The van der Waals surface area contributed by atoms with Gasteiger partial charge in [-0.3, -0.25) is 0 Å². The first-order chi connectivity index (χ1) is 7.33. The van der Waals surface area contributed by atoms with E-state index in [-0.39, 0.29) is 14.9 Å². The van der Waals surface area contributed by atoms with Crippen LogP contribution < -0.4 is 0 Å². The van der Waals surface area contributed by atoms with Gasteiger partial charge in [0.05, 0.1) is 5.02 Å². The zero-order chi connectivity index (χ0) is 12.3. The zero-order valence-electron chi connectivity index (χ0n) is 7.63. The molecule has 1 rings (SSSR count). The molecule has 0 saturated carbocycles. The van der Waals surface area contributed by atoms with Gasteiger partial charge in [0.2, 0.25) is 0 Å². The molecule has 9 heteroatoms. The molecule has 0 bridgehead atoms. The van der Waals surface area contributed by atoms with Gasteiger partial charge in [0, 0.05) is 5.02 Å². The third kappa shape index (κ3) is 3.66. The van der Waals surface area contributed by atoms with E-state index in [2.05, 4.69) is 4.18 Å². The number of halogens is 2. The molecule has 1 atom stereocenters. The van der Waals surface area contributed by atoms with Crippen LogP contribution in [0.1, 0.15) is 0 Å². The highest BCUT2D eigenvalue weighted by Gasteiger charge is 2.24. The van der Waals surface area contributed by atoms with E-state index in [1.807, 2.05) is 0 Å². The molecular weight excluding hydrogens is 298 g/mol. The van der Waals surface area contributed by atoms with Gasteiger partial charge in [-0.2, -0.15) is 13.3 Å². The summed E-state index contributed by atoms with van der Waals surface area (Å²) in [5.41, 5.74) is 0. The van der Waals surface area contributed by atoms with E-state index in [4.69, 9.17) is 28.1 Å². The van der Waals surface area contributed by atoms with E-state index in [9.17, 15) is 13.0 Å². The van der Waals surface area contributed by atoms with Gasteiger partial charge >= 0.3 is 18.1 Å². The van der Waals surface area contributed by atoms with Gasteiger partial charge in [0.15, 0.2) is 0 Å². The molecule has 1 aromatic carbocycles. The van der Waals surface area contributed by atoms with Gasteiger partial charge in [0.25, 0.3) is 6.35 Å². The summed E-state index contributed by atoms with van der Waals surface area (Å²) in [7, 11) is -6.87. The van der Waals surface area contributed by atoms with Crippen LogP contribution in [-0.4, -0.2) is 19.7 Å². The smallest absolute Gasteiger partial charge is 0.213 e. The average molecular weight is 304 g/mol. The van der Waals surface area contributed by atoms with Crippen molar-refractivity contribution in [2.24, 2.45) is 0 Å². The van der Waals surface area contributed by atoms with Crippen LogP contribution in [0.3, 0.4) is 0 Å². The SMILES string of the molecule is O=[P+](O)COS(=O)(=O)c1cc(Cl)ccc1Cl. The lowest BCUT2D eigenvalue weighted by Crippen LogP contribution is -2.06. The highest BCUT2D eigenvalue weighted by Crippen LogP contribution is 2.27. The second-order valence-corrected chi connectivity index (χ2v) is 6.02. The van der Waals surface area contributed by atoms with Gasteiger partial charge in [-0.05, 0) is 22.8 Å². The monoisotopic (exact) mass is 303 g/mol. The van der Waals surface area contributed by atoms with Crippen LogP contribution in [0.2, 0.25) is 10.0 Å². The fourth-order valence-corrected chi connectivity index (χ4v) is 3.11. The Kier molecular flexibility index (Phi) is 4.67. The Morgan fingerprint density at radius 1 is 1.38 bits per heavy atom. The Labute approximate surface area is 103 Å². The molecule has 1 aromatic rings. The summed E-state index contributed by atoms with van der Waals surface area (Å²) in [6.45, 7) is 0. The van der Waals surface area contributed by atoms with Crippen molar-refractivity contribution in [2.45, 2.75) is 4.90 Å². The van der Waals surface area contributed by atoms with Crippen LogP contribution in [0.5, 0.6) is 0 Å². The lowest BCUT2D eigenvalue weighted by Gasteiger charge is -2.03. The van der Waals surface area contributed by atoms with Gasteiger partial charge < -0.3 is 0 Å². The molecule has 0 fully saturated rings. The van der Waals surface area contributed by atoms with Gasteiger partial charge in [-0.25, -0.2) is 4.18 Å². The van der Waals surface area contributed by atoms with E-state index in [1.165, 1.54) is 12.1 Å². The molecule has 16 heavy (non-hydrogen) atoms. The summed E-state index contributed by atoms with van der Waals surface area (Å²) in [4.78, 5) is 8.11. The number of hydrogen-bond acceptors (Lipinski definition) is 4. The quantitative estimate of drug-likeness (QED) is 0.682. The maximum Gasteiger partial charge on any atom is 0.535 e. The van der Waals surface area contributed by atoms with Crippen LogP contribution >= 0.6 is 31.2 Å². The van der Waals surface area contributed by atoms with Crippen molar-refractivity contribution < 1.29 is 22.1 Å². The van der Waals surface area contributed by atoms with Crippen LogP contribution in [0.4, 0.5) is 0 Å². The lowest BCUT2D eigenvalue weighted by molar-refractivity contribution is 0.355. The first-order valence-corrected chi connectivity index (χ1v) is 7.37. The van der Waals surface area contributed by atoms with Crippen molar-refractivity contribution in [3.63, 3.8) is 0 Å². The fourth-order valence-electron chi connectivity index (χ4n) is 0.847. The molecule has 88 valence electrons. The Balaban J connectivity index is 3.07. The first kappa shape index (κ1) is 13.8. The molecule has 0 aromatic heterocycles. The van der Waals surface area contributed by atoms with Crippen LogP contribution in [0.25, 0.3) is 0 Å². The standard InChI is InChI=1S/C7H5Cl2O5PS/c8-5-1-2-6(9)7(3-5)16(12,13)14-4-15(10)11/h1-3H,4H2/p+1. The van der Waals surface area contributed by atoms with E-state index in [0.717, 1.165) is 6.07 Å².